The molecular formula is C8H11ClF3N3O. The fourth-order valence-corrected chi connectivity index (χ4v) is 1.44. The maximum Gasteiger partial charge on any atom is 0.434 e. The lowest BCUT2D eigenvalue weighted by Gasteiger charge is -2.10. The molecule has 0 bridgehead atoms. The third-order valence-electron chi connectivity index (χ3n) is 1.92. The van der Waals surface area contributed by atoms with E-state index in [1.165, 1.54) is 7.11 Å². The number of hydrogen-bond donors (Lipinski definition) is 0. The van der Waals surface area contributed by atoms with E-state index in [1.807, 2.05) is 0 Å². The monoisotopic (exact) mass is 257 g/mol. The van der Waals surface area contributed by atoms with Crippen molar-refractivity contribution in [2.45, 2.75) is 25.0 Å². The molecule has 0 aliphatic heterocycles. The van der Waals surface area contributed by atoms with E-state index in [0.29, 0.717) is 13.0 Å². The number of rotatable bonds is 5. The first-order valence-corrected chi connectivity index (χ1v) is 5.08. The van der Waals surface area contributed by atoms with Gasteiger partial charge in [-0.05, 0) is 6.42 Å². The zero-order valence-electron chi connectivity index (χ0n) is 8.59. The number of alkyl halides is 4. The Morgan fingerprint density at radius 3 is 2.62 bits per heavy atom. The van der Waals surface area contributed by atoms with Crippen molar-refractivity contribution in [1.29, 1.82) is 0 Å². The van der Waals surface area contributed by atoms with Gasteiger partial charge in [-0.25, -0.2) is 4.68 Å². The van der Waals surface area contributed by atoms with Crippen LogP contribution in [0.15, 0.2) is 0 Å². The van der Waals surface area contributed by atoms with Crippen molar-refractivity contribution in [3.05, 3.63) is 11.4 Å². The predicted molar refractivity (Wildman–Crippen MR) is 51.1 cm³/mol. The van der Waals surface area contributed by atoms with Gasteiger partial charge in [-0.1, -0.05) is 5.21 Å². The molecule has 0 unspecified atom stereocenters. The molecule has 8 heteroatoms. The Bertz CT molecular complexity index is 340. The van der Waals surface area contributed by atoms with E-state index >= 15 is 0 Å². The van der Waals surface area contributed by atoms with E-state index in [4.69, 9.17) is 16.3 Å². The van der Waals surface area contributed by atoms with Crippen molar-refractivity contribution in [2.24, 2.45) is 0 Å². The van der Waals surface area contributed by atoms with Crippen LogP contribution < -0.4 is 0 Å². The summed E-state index contributed by atoms with van der Waals surface area (Å²) in [6.07, 6.45) is -4.05. The van der Waals surface area contributed by atoms with Gasteiger partial charge in [-0.2, -0.15) is 13.2 Å². The highest BCUT2D eigenvalue weighted by Gasteiger charge is 2.38. The Balaban J connectivity index is 2.88. The summed E-state index contributed by atoms with van der Waals surface area (Å²) in [5, 5.41) is 6.83. The average molecular weight is 258 g/mol. The van der Waals surface area contributed by atoms with Gasteiger partial charge in [0.05, 0.1) is 5.88 Å². The number of nitrogens with zero attached hydrogens (tertiary/aromatic N) is 3. The van der Waals surface area contributed by atoms with Crippen molar-refractivity contribution < 1.29 is 17.9 Å². The standard InChI is InChI=1S/C8H11ClF3N3O/c1-16-4-2-3-15-7(8(10,11)12)6(5-9)13-14-15/h2-5H2,1H3. The van der Waals surface area contributed by atoms with Crippen LogP contribution in [0.5, 0.6) is 0 Å². The average Bonchev–Trinajstić information content (AvgIpc) is 2.61. The van der Waals surface area contributed by atoms with Crippen molar-refractivity contribution in [3.8, 4) is 0 Å². The molecule has 0 aliphatic carbocycles. The molecule has 0 aliphatic rings. The summed E-state index contributed by atoms with van der Waals surface area (Å²) in [6.45, 7) is 0.472. The van der Waals surface area contributed by atoms with Crippen LogP contribution >= 0.6 is 11.6 Å². The molecule has 0 fully saturated rings. The molecule has 4 nitrogen and oxygen atoms in total. The third kappa shape index (κ3) is 3.08. The summed E-state index contributed by atoms with van der Waals surface area (Å²) in [5.41, 5.74) is -1.12. The highest BCUT2D eigenvalue weighted by molar-refractivity contribution is 6.16. The van der Waals surface area contributed by atoms with Crippen LogP contribution in [0.2, 0.25) is 0 Å². The Labute approximate surface area is 95.3 Å². The molecular weight excluding hydrogens is 247 g/mol. The molecule has 92 valence electrons. The molecule has 0 atom stereocenters. The Kier molecular flexibility index (Phi) is 4.55. The third-order valence-corrected chi connectivity index (χ3v) is 2.17. The molecule has 1 aromatic heterocycles. The molecule has 0 amide bonds. The molecule has 16 heavy (non-hydrogen) atoms. The zero-order valence-corrected chi connectivity index (χ0v) is 9.35. The van der Waals surface area contributed by atoms with Gasteiger partial charge in [0.1, 0.15) is 5.69 Å². The Morgan fingerprint density at radius 1 is 1.44 bits per heavy atom. The smallest absolute Gasteiger partial charge is 0.385 e. The van der Waals surface area contributed by atoms with Gasteiger partial charge >= 0.3 is 6.18 Å². The summed E-state index contributed by atoms with van der Waals surface area (Å²) in [5.74, 6) is -0.306. The number of halogens is 4. The normalized spacial score (nSPS) is 12.1. The van der Waals surface area contributed by atoms with E-state index in [9.17, 15) is 13.2 Å². The van der Waals surface area contributed by atoms with Crippen molar-refractivity contribution >= 4 is 11.6 Å². The van der Waals surface area contributed by atoms with Gasteiger partial charge in [0.2, 0.25) is 0 Å². The van der Waals surface area contributed by atoms with Crippen molar-refractivity contribution in [3.63, 3.8) is 0 Å². The summed E-state index contributed by atoms with van der Waals surface area (Å²) in [7, 11) is 1.48. The molecule has 0 saturated heterocycles. The highest BCUT2D eigenvalue weighted by Crippen LogP contribution is 2.31. The van der Waals surface area contributed by atoms with Crippen LogP contribution in [-0.4, -0.2) is 28.7 Å². The summed E-state index contributed by atoms with van der Waals surface area (Å²) < 4.78 is 43.5. The highest BCUT2D eigenvalue weighted by atomic mass is 35.5. The second kappa shape index (κ2) is 5.49. The van der Waals surface area contributed by atoms with Crippen LogP contribution in [0.4, 0.5) is 13.2 Å². The van der Waals surface area contributed by atoms with Gasteiger partial charge in [0.15, 0.2) is 5.69 Å². The van der Waals surface area contributed by atoms with Crippen LogP contribution in [0.3, 0.4) is 0 Å². The molecule has 0 radical (unpaired) electrons. The topological polar surface area (TPSA) is 39.9 Å². The molecule has 1 aromatic rings. The van der Waals surface area contributed by atoms with Crippen LogP contribution in [0.25, 0.3) is 0 Å². The molecule has 1 heterocycles. The molecule has 0 saturated carbocycles. The second-order valence-corrected chi connectivity index (χ2v) is 3.35. The first-order chi connectivity index (χ1) is 7.50. The largest absolute Gasteiger partial charge is 0.434 e. The molecule has 0 aromatic carbocycles. The second-order valence-electron chi connectivity index (χ2n) is 3.09. The van der Waals surface area contributed by atoms with Gasteiger partial charge in [-0.3, -0.25) is 0 Å². The van der Waals surface area contributed by atoms with Gasteiger partial charge in [-0.15, -0.1) is 16.7 Å². The minimum Gasteiger partial charge on any atom is -0.385 e. The van der Waals surface area contributed by atoms with E-state index in [1.54, 1.807) is 0 Å². The van der Waals surface area contributed by atoms with Gasteiger partial charge in [0.25, 0.3) is 0 Å². The Morgan fingerprint density at radius 2 is 2.12 bits per heavy atom. The van der Waals surface area contributed by atoms with Crippen LogP contribution in [0, 0.1) is 0 Å². The number of aromatic nitrogens is 3. The molecule has 0 spiro atoms. The van der Waals surface area contributed by atoms with Gasteiger partial charge in [0, 0.05) is 20.3 Å². The summed E-state index contributed by atoms with van der Waals surface area (Å²) in [6, 6.07) is 0. The molecule has 1 rings (SSSR count). The fraction of sp³-hybridized carbons (Fsp3) is 0.750. The van der Waals surface area contributed by atoms with Crippen LogP contribution in [-0.2, 0) is 23.3 Å². The lowest BCUT2D eigenvalue weighted by Crippen LogP contribution is -2.17. The lowest BCUT2D eigenvalue weighted by atomic mass is 10.3. The quantitative estimate of drug-likeness (QED) is 0.599. The number of hydrogen-bond acceptors (Lipinski definition) is 3. The summed E-state index contributed by atoms with van der Waals surface area (Å²) in [4.78, 5) is 0. The van der Waals surface area contributed by atoms with Crippen molar-refractivity contribution in [2.75, 3.05) is 13.7 Å². The van der Waals surface area contributed by atoms with Crippen LogP contribution in [0.1, 0.15) is 17.8 Å². The van der Waals surface area contributed by atoms with E-state index < -0.39 is 11.9 Å². The zero-order chi connectivity index (χ0) is 12.2. The minimum absolute atomic E-state index is 0.104. The van der Waals surface area contributed by atoms with Crippen molar-refractivity contribution in [1.82, 2.24) is 15.0 Å². The maximum atomic E-state index is 12.6. The number of aryl methyl sites for hydroxylation is 1. The number of methoxy groups -OCH3 is 1. The first kappa shape index (κ1) is 13.2. The van der Waals surface area contributed by atoms with E-state index in [2.05, 4.69) is 10.3 Å². The first-order valence-electron chi connectivity index (χ1n) is 4.55. The minimum atomic E-state index is -4.49. The fourth-order valence-electron chi connectivity index (χ4n) is 1.26. The SMILES string of the molecule is COCCCn1nnc(CCl)c1C(F)(F)F. The summed E-state index contributed by atoms with van der Waals surface area (Å²) >= 11 is 5.37. The maximum absolute atomic E-state index is 12.6. The lowest BCUT2D eigenvalue weighted by molar-refractivity contribution is -0.144. The van der Waals surface area contributed by atoms with Gasteiger partial charge < -0.3 is 4.74 Å². The van der Waals surface area contributed by atoms with E-state index in [0.717, 1.165) is 4.68 Å². The predicted octanol–water partition coefficient (Wildman–Crippen LogP) is 2.07. The Hall–Kier alpha value is -0.820. The molecule has 0 N–H and O–H groups in total. The number of ether oxygens (including phenoxy) is 1. The van der Waals surface area contributed by atoms with E-state index in [-0.39, 0.29) is 18.1 Å².